The molecular formula is C19H30N6O4. The van der Waals surface area contributed by atoms with Gasteiger partial charge in [0.15, 0.2) is 0 Å². The molecule has 0 aromatic carbocycles. The van der Waals surface area contributed by atoms with Gasteiger partial charge in [0.25, 0.3) is 0 Å². The molecule has 2 aliphatic heterocycles. The van der Waals surface area contributed by atoms with Crippen LogP contribution in [0.1, 0.15) is 53.4 Å². The number of aromatic nitrogens is 2. The average Bonchev–Trinajstić information content (AvgIpc) is 2.58. The van der Waals surface area contributed by atoms with Gasteiger partial charge in [0.1, 0.15) is 6.33 Å². The lowest BCUT2D eigenvalue weighted by atomic mass is 9.79. The molecule has 2 saturated heterocycles. The van der Waals surface area contributed by atoms with Gasteiger partial charge in [-0.15, -0.1) is 0 Å². The third kappa shape index (κ3) is 4.92. The predicted molar refractivity (Wildman–Crippen MR) is 109 cm³/mol. The second-order valence-corrected chi connectivity index (χ2v) is 9.39. The number of carboxylic acid groups (broad SMARTS) is 1. The number of nitrogens with one attached hydrogen (secondary N) is 2. The lowest BCUT2D eigenvalue weighted by Crippen LogP contribution is -2.60. The Balaban J connectivity index is 1.84. The molecule has 2 fully saturated rings. The molecule has 0 radical (unpaired) electrons. The second-order valence-electron chi connectivity index (χ2n) is 9.39. The van der Waals surface area contributed by atoms with E-state index in [1.165, 1.54) is 6.33 Å². The number of piperidine rings is 2. The van der Waals surface area contributed by atoms with Crippen molar-refractivity contribution in [3.8, 4) is 0 Å². The molecule has 0 atom stereocenters. The molecule has 1 aromatic rings. The van der Waals surface area contributed by atoms with E-state index in [2.05, 4.69) is 48.3 Å². The smallest absolute Gasteiger partial charge is 0.353 e. The summed E-state index contributed by atoms with van der Waals surface area (Å²) in [6, 6.07) is 0.0282. The summed E-state index contributed by atoms with van der Waals surface area (Å²) in [5.74, 6) is -0.757. The highest BCUT2D eigenvalue weighted by Crippen LogP contribution is 2.37. The van der Waals surface area contributed by atoms with Crippen molar-refractivity contribution in [3.05, 3.63) is 16.4 Å². The first-order chi connectivity index (χ1) is 13.5. The second kappa shape index (κ2) is 7.74. The number of nitrogens with zero attached hydrogens (tertiary/aromatic N) is 4. The summed E-state index contributed by atoms with van der Waals surface area (Å²) >= 11 is 0. The fourth-order valence-electron chi connectivity index (χ4n) is 4.83. The molecule has 3 rings (SSSR count). The highest BCUT2D eigenvalue weighted by Gasteiger charge is 2.39. The van der Waals surface area contributed by atoms with E-state index >= 15 is 0 Å². The van der Waals surface area contributed by atoms with E-state index in [1.807, 2.05) is 0 Å². The van der Waals surface area contributed by atoms with Crippen LogP contribution in [0.3, 0.4) is 0 Å². The minimum atomic E-state index is -0.819. The Labute approximate surface area is 170 Å². The fourth-order valence-corrected chi connectivity index (χ4v) is 4.83. The molecule has 1 aromatic heterocycles. The Kier molecular flexibility index (Phi) is 5.66. The summed E-state index contributed by atoms with van der Waals surface area (Å²) in [6.45, 7) is 9.32. The van der Waals surface area contributed by atoms with Gasteiger partial charge < -0.3 is 20.6 Å². The lowest BCUT2D eigenvalue weighted by Gasteiger charge is -2.46. The number of carboxylic acids is 1. The van der Waals surface area contributed by atoms with Gasteiger partial charge in [0, 0.05) is 30.2 Å². The molecule has 0 unspecified atom stereocenters. The van der Waals surface area contributed by atoms with Gasteiger partial charge in [-0.2, -0.15) is 0 Å². The van der Waals surface area contributed by atoms with Crippen molar-refractivity contribution in [2.75, 3.05) is 23.3 Å². The summed E-state index contributed by atoms with van der Waals surface area (Å²) in [7, 11) is 0. The largest absolute Gasteiger partial charge is 0.481 e. The van der Waals surface area contributed by atoms with Crippen molar-refractivity contribution in [3.63, 3.8) is 0 Å². The first-order valence-electron chi connectivity index (χ1n) is 10.0. The van der Waals surface area contributed by atoms with Crippen LogP contribution >= 0.6 is 0 Å². The Morgan fingerprint density at radius 3 is 2.34 bits per heavy atom. The first-order valence-corrected chi connectivity index (χ1v) is 10.0. The molecule has 0 spiro atoms. The summed E-state index contributed by atoms with van der Waals surface area (Å²) < 4.78 is 0. The van der Waals surface area contributed by atoms with Gasteiger partial charge in [-0.3, -0.25) is 14.9 Å². The minimum absolute atomic E-state index is 0.0282. The fraction of sp³-hybridized carbons (Fsp3) is 0.737. The van der Waals surface area contributed by atoms with E-state index in [0.717, 1.165) is 12.8 Å². The molecule has 0 saturated carbocycles. The van der Waals surface area contributed by atoms with E-state index in [0.29, 0.717) is 25.9 Å². The standard InChI is InChI=1S/C19H30N6O4/c1-18(2)9-13(10-19(3,4)23-18)22-15-14(25(28)29)16(21-11-20-15)24-7-5-12(6-8-24)17(26)27/h11-13,23H,5-10H2,1-4H3,(H,26,27)(H,20,21,22). The molecule has 29 heavy (non-hydrogen) atoms. The zero-order chi connectivity index (χ0) is 21.4. The Morgan fingerprint density at radius 1 is 1.24 bits per heavy atom. The van der Waals surface area contributed by atoms with Crippen molar-refractivity contribution < 1.29 is 14.8 Å². The molecule has 0 bridgehead atoms. The van der Waals surface area contributed by atoms with Crippen LogP contribution in [-0.2, 0) is 4.79 Å². The molecule has 10 nitrogen and oxygen atoms in total. The molecule has 3 heterocycles. The normalized spacial score (nSPS) is 22.3. The van der Waals surface area contributed by atoms with Crippen LogP contribution in [0.2, 0.25) is 0 Å². The highest BCUT2D eigenvalue weighted by atomic mass is 16.6. The monoisotopic (exact) mass is 406 g/mol. The SMILES string of the molecule is CC1(C)CC(Nc2ncnc(N3CCC(C(=O)O)CC3)c2[N+](=O)[O-])CC(C)(C)N1. The third-order valence-electron chi connectivity index (χ3n) is 5.66. The molecule has 160 valence electrons. The number of aliphatic carboxylic acids is 1. The van der Waals surface area contributed by atoms with Gasteiger partial charge in [-0.05, 0) is 53.4 Å². The van der Waals surface area contributed by atoms with E-state index in [-0.39, 0.29) is 34.4 Å². The van der Waals surface area contributed by atoms with Crippen LogP contribution in [0.4, 0.5) is 17.3 Å². The Bertz CT molecular complexity index is 773. The number of rotatable bonds is 5. The lowest BCUT2D eigenvalue weighted by molar-refractivity contribution is -0.383. The minimum Gasteiger partial charge on any atom is -0.481 e. The van der Waals surface area contributed by atoms with E-state index in [1.54, 1.807) is 4.90 Å². The van der Waals surface area contributed by atoms with Crippen LogP contribution in [-0.4, -0.2) is 56.2 Å². The molecule has 3 N–H and O–H groups in total. The molecule has 10 heteroatoms. The zero-order valence-corrected chi connectivity index (χ0v) is 17.4. The van der Waals surface area contributed by atoms with Gasteiger partial charge in [0.2, 0.25) is 11.6 Å². The Morgan fingerprint density at radius 2 is 1.83 bits per heavy atom. The van der Waals surface area contributed by atoms with Crippen LogP contribution in [0.25, 0.3) is 0 Å². The summed E-state index contributed by atoms with van der Waals surface area (Å²) in [5, 5.41) is 28.0. The maximum Gasteiger partial charge on any atom is 0.353 e. The maximum absolute atomic E-state index is 11.9. The highest BCUT2D eigenvalue weighted by molar-refractivity contribution is 5.72. The van der Waals surface area contributed by atoms with Gasteiger partial charge in [-0.1, -0.05) is 0 Å². The van der Waals surface area contributed by atoms with Crippen LogP contribution in [0.5, 0.6) is 0 Å². The van der Waals surface area contributed by atoms with E-state index < -0.39 is 16.8 Å². The summed E-state index contributed by atoms with van der Waals surface area (Å²) in [5.41, 5.74) is -0.360. The number of anilines is 2. The van der Waals surface area contributed by atoms with Crippen molar-refractivity contribution in [2.24, 2.45) is 5.92 Å². The first kappa shape index (κ1) is 21.2. The molecule has 0 aliphatic carbocycles. The van der Waals surface area contributed by atoms with Crippen molar-refractivity contribution in [1.82, 2.24) is 15.3 Å². The van der Waals surface area contributed by atoms with Gasteiger partial charge in [-0.25, -0.2) is 9.97 Å². The zero-order valence-electron chi connectivity index (χ0n) is 17.4. The maximum atomic E-state index is 11.9. The third-order valence-corrected chi connectivity index (χ3v) is 5.66. The van der Waals surface area contributed by atoms with Crippen LogP contribution in [0.15, 0.2) is 6.33 Å². The quantitative estimate of drug-likeness (QED) is 0.498. The number of hydrogen-bond donors (Lipinski definition) is 3. The van der Waals surface area contributed by atoms with Crippen LogP contribution < -0.4 is 15.5 Å². The summed E-state index contributed by atoms with van der Waals surface area (Å²) in [4.78, 5) is 32.8. The number of hydrogen-bond acceptors (Lipinski definition) is 8. The molecule has 2 aliphatic rings. The van der Waals surface area contributed by atoms with Gasteiger partial charge in [0.05, 0.1) is 10.8 Å². The molecule has 0 amide bonds. The van der Waals surface area contributed by atoms with Crippen LogP contribution in [0, 0.1) is 16.0 Å². The number of nitro groups is 1. The van der Waals surface area contributed by atoms with Gasteiger partial charge >= 0.3 is 11.7 Å². The Hall–Kier alpha value is -2.49. The van der Waals surface area contributed by atoms with E-state index in [4.69, 9.17) is 0 Å². The van der Waals surface area contributed by atoms with Crippen molar-refractivity contribution in [2.45, 2.75) is 70.5 Å². The molecular weight excluding hydrogens is 376 g/mol. The van der Waals surface area contributed by atoms with Crippen molar-refractivity contribution in [1.29, 1.82) is 0 Å². The number of carbonyl (C=O) groups is 1. The van der Waals surface area contributed by atoms with E-state index in [9.17, 15) is 20.0 Å². The predicted octanol–water partition coefficient (Wildman–Crippen LogP) is 2.41. The van der Waals surface area contributed by atoms with Crippen molar-refractivity contribution >= 4 is 23.3 Å². The summed E-state index contributed by atoms with van der Waals surface area (Å²) in [6.07, 6.45) is 3.82. The topological polar surface area (TPSA) is 134 Å². The average molecular weight is 406 g/mol.